The summed E-state index contributed by atoms with van der Waals surface area (Å²) in [7, 11) is 0. The van der Waals surface area contributed by atoms with Gasteiger partial charge in [0.05, 0.1) is 11.3 Å². The van der Waals surface area contributed by atoms with Gasteiger partial charge in [-0.2, -0.15) is 13.2 Å². The maximum atomic E-state index is 12.9. The van der Waals surface area contributed by atoms with Crippen LogP contribution in [0.25, 0.3) is 0 Å². The molecule has 1 N–H and O–H groups in total. The van der Waals surface area contributed by atoms with Gasteiger partial charge in [-0.1, -0.05) is 41.6 Å². The van der Waals surface area contributed by atoms with Crippen molar-refractivity contribution < 1.29 is 32.0 Å². The molecule has 156 valence electrons. The Morgan fingerprint density at radius 3 is 2.37 bits per heavy atom. The zero-order chi connectivity index (χ0) is 21.9. The quantitative estimate of drug-likeness (QED) is 0.600. The average molecular weight is 418 g/mol. The number of nitrogens with zero attached hydrogens (tertiary/aromatic N) is 1. The fraction of sp³-hybridized carbons (Fsp3) is 0.190. The van der Waals surface area contributed by atoms with Crippen LogP contribution >= 0.6 is 0 Å². The Bertz CT molecular complexity index is 1040. The number of anilines is 1. The van der Waals surface area contributed by atoms with Crippen LogP contribution in [0.3, 0.4) is 0 Å². The number of esters is 1. The highest BCUT2D eigenvalue weighted by Crippen LogP contribution is 2.31. The van der Waals surface area contributed by atoms with Gasteiger partial charge in [-0.25, -0.2) is 4.79 Å². The summed E-state index contributed by atoms with van der Waals surface area (Å²) in [5.41, 5.74) is -0.263. The van der Waals surface area contributed by atoms with Gasteiger partial charge in [-0.05, 0) is 32.0 Å². The molecular formula is C21H17F3N2O4. The van der Waals surface area contributed by atoms with Gasteiger partial charge in [-0.3, -0.25) is 4.79 Å². The third kappa shape index (κ3) is 4.68. The summed E-state index contributed by atoms with van der Waals surface area (Å²) in [4.78, 5) is 25.5. The van der Waals surface area contributed by atoms with Crippen LogP contribution in [0.2, 0.25) is 0 Å². The minimum absolute atomic E-state index is 0.0795. The molecule has 0 spiro atoms. The summed E-state index contributed by atoms with van der Waals surface area (Å²) in [6.45, 7) is 3.07. The summed E-state index contributed by atoms with van der Waals surface area (Å²) in [5.74, 6) is -1.41. The van der Waals surface area contributed by atoms with Gasteiger partial charge in [0.25, 0.3) is 5.91 Å². The molecule has 0 aliphatic carbocycles. The van der Waals surface area contributed by atoms with Crippen molar-refractivity contribution in [2.45, 2.75) is 26.1 Å². The lowest BCUT2D eigenvalue weighted by Gasteiger charge is -2.18. The molecular weight excluding hydrogens is 401 g/mol. The van der Waals surface area contributed by atoms with Crippen LogP contribution in [0, 0.1) is 13.8 Å². The van der Waals surface area contributed by atoms with Crippen molar-refractivity contribution >= 4 is 17.6 Å². The predicted molar refractivity (Wildman–Crippen MR) is 101 cm³/mol. The summed E-state index contributed by atoms with van der Waals surface area (Å²) in [6.07, 6.45) is -5.96. The zero-order valence-electron chi connectivity index (χ0n) is 16.0. The van der Waals surface area contributed by atoms with E-state index >= 15 is 0 Å². The van der Waals surface area contributed by atoms with E-state index in [1.807, 2.05) is 0 Å². The van der Waals surface area contributed by atoms with E-state index in [1.165, 1.54) is 19.1 Å². The molecule has 0 saturated heterocycles. The molecule has 0 unspecified atom stereocenters. The Labute approximate surface area is 169 Å². The number of carbonyl (C=O) groups is 2. The van der Waals surface area contributed by atoms with E-state index in [1.54, 1.807) is 37.3 Å². The summed E-state index contributed by atoms with van der Waals surface area (Å²) in [5, 5.41) is 6.06. The van der Waals surface area contributed by atoms with E-state index in [4.69, 9.17) is 9.26 Å². The minimum Gasteiger partial charge on any atom is -0.444 e. The van der Waals surface area contributed by atoms with Gasteiger partial charge in [0, 0.05) is 11.3 Å². The molecule has 1 atom stereocenters. The summed E-state index contributed by atoms with van der Waals surface area (Å²) < 4.78 is 49.2. The first-order chi connectivity index (χ1) is 14.2. The largest absolute Gasteiger partial charge is 0.444 e. The Hall–Kier alpha value is -3.62. The van der Waals surface area contributed by atoms with Gasteiger partial charge in [-0.15, -0.1) is 0 Å². The van der Waals surface area contributed by atoms with E-state index in [0.29, 0.717) is 11.3 Å². The standard InChI is InChI=1S/C21H17F3N2O4/c1-12-17(13(2)30-26-12)20(28)29-18(14-7-4-3-5-8-14)19(27)25-16-10-6-9-15(11-16)21(22,23)24/h3-11,18H,1-2H3,(H,25,27)/t18-/m0/s1. The number of benzene rings is 2. The maximum absolute atomic E-state index is 12.9. The van der Waals surface area contributed by atoms with Crippen LogP contribution in [0.4, 0.5) is 18.9 Å². The molecule has 30 heavy (non-hydrogen) atoms. The number of carbonyl (C=O) groups excluding carboxylic acids is 2. The Balaban J connectivity index is 1.88. The first kappa shape index (κ1) is 21.1. The molecule has 0 fully saturated rings. The molecule has 1 heterocycles. The van der Waals surface area contributed by atoms with Crippen molar-refractivity contribution in [1.29, 1.82) is 0 Å². The van der Waals surface area contributed by atoms with E-state index in [9.17, 15) is 22.8 Å². The molecule has 0 saturated carbocycles. The van der Waals surface area contributed by atoms with Crippen LogP contribution in [0.5, 0.6) is 0 Å². The second-order valence-electron chi connectivity index (χ2n) is 6.46. The fourth-order valence-corrected chi connectivity index (χ4v) is 2.82. The molecule has 1 amide bonds. The van der Waals surface area contributed by atoms with E-state index < -0.39 is 29.7 Å². The lowest BCUT2D eigenvalue weighted by atomic mass is 10.1. The number of ether oxygens (including phenoxy) is 1. The summed E-state index contributed by atoms with van der Waals surface area (Å²) >= 11 is 0. The number of amides is 1. The SMILES string of the molecule is Cc1noc(C)c1C(=O)O[C@H](C(=O)Nc1cccc(C(F)(F)F)c1)c1ccccc1. The Morgan fingerprint density at radius 2 is 1.77 bits per heavy atom. The van der Waals surface area contributed by atoms with Crippen molar-refractivity contribution in [1.82, 2.24) is 5.16 Å². The number of hydrogen-bond donors (Lipinski definition) is 1. The first-order valence-corrected chi connectivity index (χ1v) is 8.83. The monoisotopic (exact) mass is 418 g/mol. The molecule has 1 aromatic heterocycles. The minimum atomic E-state index is -4.56. The molecule has 2 aromatic carbocycles. The van der Waals surface area contributed by atoms with Gasteiger partial charge in [0.1, 0.15) is 11.3 Å². The van der Waals surface area contributed by atoms with Gasteiger partial charge in [0.2, 0.25) is 6.10 Å². The number of aryl methyl sites for hydroxylation is 2. The van der Waals surface area contributed by atoms with E-state index in [0.717, 1.165) is 12.1 Å². The van der Waals surface area contributed by atoms with Crippen molar-refractivity contribution in [2.24, 2.45) is 0 Å². The van der Waals surface area contributed by atoms with Gasteiger partial charge in [0.15, 0.2) is 0 Å². The van der Waals surface area contributed by atoms with Crippen LogP contribution in [0.1, 0.15) is 39.0 Å². The maximum Gasteiger partial charge on any atom is 0.416 e. The number of halogens is 3. The molecule has 9 heteroatoms. The lowest BCUT2D eigenvalue weighted by Crippen LogP contribution is -2.26. The van der Waals surface area contributed by atoms with Crippen molar-refractivity contribution in [3.05, 3.63) is 82.7 Å². The first-order valence-electron chi connectivity index (χ1n) is 8.83. The highest BCUT2D eigenvalue weighted by molar-refractivity contribution is 5.98. The normalized spacial score (nSPS) is 12.3. The lowest BCUT2D eigenvalue weighted by molar-refractivity contribution is -0.137. The van der Waals surface area contributed by atoms with Crippen LogP contribution in [-0.4, -0.2) is 17.0 Å². The molecule has 0 aliphatic heterocycles. The molecule has 3 aromatic rings. The molecule has 0 bridgehead atoms. The second kappa shape index (κ2) is 8.40. The predicted octanol–water partition coefficient (Wildman–Crippen LogP) is 4.85. The Kier molecular flexibility index (Phi) is 5.91. The van der Waals surface area contributed by atoms with Crippen LogP contribution < -0.4 is 5.32 Å². The number of hydrogen-bond acceptors (Lipinski definition) is 5. The van der Waals surface area contributed by atoms with Gasteiger partial charge < -0.3 is 14.6 Å². The van der Waals surface area contributed by atoms with Crippen LogP contribution in [-0.2, 0) is 15.7 Å². The number of alkyl halides is 3. The van der Waals surface area contributed by atoms with Crippen LogP contribution in [0.15, 0.2) is 59.1 Å². The molecule has 0 aliphatic rings. The third-order valence-electron chi connectivity index (χ3n) is 4.26. The fourth-order valence-electron chi connectivity index (χ4n) is 2.82. The second-order valence-corrected chi connectivity index (χ2v) is 6.46. The molecule has 6 nitrogen and oxygen atoms in total. The number of aromatic nitrogens is 1. The van der Waals surface area contributed by atoms with Crippen molar-refractivity contribution in [3.63, 3.8) is 0 Å². The third-order valence-corrected chi connectivity index (χ3v) is 4.26. The van der Waals surface area contributed by atoms with E-state index in [-0.39, 0.29) is 17.0 Å². The highest BCUT2D eigenvalue weighted by atomic mass is 19.4. The Morgan fingerprint density at radius 1 is 1.07 bits per heavy atom. The topological polar surface area (TPSA) is 81.4 Å². The highest BCUT2D eigenvalue weighted by Gasteiger charge is 2.32. The van der Waals surface area contributed by atoms with Gasteiger partial charge >= 0.3 is 12.1 Å². The number of rotatable bonds is 5. The van der Waals surface area contributed by atoms with Crippen molar-refractivity contribution in [3.8, 4) is 0 Å². The average Bonchev–Trinajstić information content (AvgIpc) is 3.04. The molecule has 0 radical (unpaired) electrons. The molecule has 3 rings (SSSR count). The zero-order valence-corrected chi connectivity index (χ0v) is 16.0. The summed E-state index contributed by atoms with van der Waals surface area (Å²) in [6, 6.07) is 12.3. The van der Waals surface area contributed by atoms with E-state index in [2.05, 4.69) is 10.5 Å². The van der Waals surface area contributed by atoms with Crippen molar-refractivity contribution in [2.75, 3.05) is 5.32 Å². The number of nitrogens with one attached hydrogen (secondary N) is 1. The smallest absolute Gasteiger partial charge is 0.416 e.